The van der Waals surface area contributed by atoms with Gasteiger partial charge in [-0.05, 0) is 32.1 Å². The highest BCUT2D eigenvalue weighted by Crippen LogP contribution is 2.41. The first-order valence-corrected chi connectivity index (χ1v) is 6.91. The highest BCUT2D eigenvalue weighted by atomic mass is 16.1. The summed E-state index contributed by atoms with van der Waals surface area (Å²) in [6, 6.07) is 0. The highest BCUT2D eigenvalue weighted by molar-refractivity contribution is 5.89. The topological polar surface area (TPSA) is 43.1 Å². The Labute approximate surface area is 114 Å². The monoisotopic (exact) mass is 255 g/mol. The molecule has 2 nitrogen and oxygen atoms in total. The van der Waals surface area contributed by atoms with Gasteiger partial charge in [0, 0.05) is 16.4 Å². The summed E-state index contributed by atoms with van der Waals surface area (Å²) >= 11 is 0. The van der Waals surface area contributed by atoms with Crippen LogP contribution in [-0.4, -0.2) is 11.3 Å². The van der Waals surface area contributed by atoms with Gasteiger partial charge in [0.05, 0.1) is 0 Å². The van der Waals surface area contributed by atoms with Crippen LogP contribution in [0, 0.1) is 16.2 Å². The van der Waals surface area contributed by atoms with Gasteiger partial charge in [0.15, 0.2) is 0 Å². The van der Waals surface area contributed by atoms with E-state index in [1.54, 1.807) is 0 Å². The third-order valence-electron chi connectivity index (χ3n) is 3.10. The van der Waals surface area contributed by atoms with Crippen molar-refractivity contribution >= 4 is 5.78 Å². The van der Waals surface area contributed by atoms with E-state index in [2.05, 4.69) is 34.6 Å². The van der Waals surface area contributed by atoms with Crippen molar-refractivity contribution in [3.63, 3.8) is 0 Å². The largest absolute Gasteiger partial charge is 0.326 e. The predicted octanol–water partition coefficient (Wildman–Crippen LogP) is 4.17. The van der Waals surface area contributed by atoms with Crippen LogP contribution in [0.3, 0.4) is 0 Å². The third kappa shape index (κ3) is 5.99. The number of carbonyl (C=O) groups is 1. The molecule has 0 aliphatic rings. The highest BCUT2D eigenvalue weighted by Gasteiger charge is 2.42. The number of Topliss-reactive ketones (excluding diaryl/α,β-unsaturated/α-hetero) is 1. The molecule has 0 aromatic carbocycles. The summed E-state index contributed by atoms with van der Waals surface area (Å²) in [5.74, 6) is 0.323. The molecule has 0 aliphatic heterocycles. The molecule has 0 aromatic heterocycles. The molecule has 0 rings (SSSR count). The van der Waals surface area contributed by atoms with Crippen molar-refractivity contribution in [1.82, 2.24) is 0 Å². The van der Waals surface area contributed by atoms with Crippen molar-refractivity contribution in [3.8, 4) is 0 Å². The van der Waals surface area contributed by atoms with Crippen LogP contribution < -0.4 is 5.73 Å². The maximum Gasteiger partial charge on any atom is 0.144 e. The van der Waals surface area contributed by atoms with Gasteiger partial charge in [-0.25, -0.2) is 0 Å². The van der Waals surface area contributed by atoms with Gasteiger partial charge in [0.25, 0.3) is 0 Å². The minimum atomic E-state index is -0.368. The summed E-state index contributed by atoms with van der Waals surface area (Å²) in [6.07, 6.45) is 1.61. The molecule has 0 aliphatic carbocycles. The van der Waals surface area contributed by atoms with Gasteiger partial charge in [0.1, 0.15) is 5.78 Å². The van der Waals surface area contributed by atoms with Crippen LogP contribution >= 0.6 is 0 Å². The average molecular weight is 255 g/mol. The molecule has 2 heteroatoms. The molecule has 0 unspecified atom stereocenters. The van der Waals surface area contributed by atoms with Crippen LogP contribution in [0.5, 0.6) is 0 Å². The first kappa shape index (κ1) is 17.6. The maximum absolute atomic E-state index is 12.8. The fraction of sp³-hybridized carbons (Fsp3) is 0.938. The molecule has 0 heterocycles. The van der Waals surface area contributed by atoms with E-state index in [1.165, 1.54) is 0 Å². The van der Waals surface area contributed by atoms with Crippen LogP contribution in [0.2, 0.25) is 0 Å². The molecule has 0 spiro atoms. The minimum Gasteiger partial charge on any atom is -0.326 e. The molecule has 0 bridgehead atoms. The van der Waals surface area contributed by atoms with E-state index in [0.717, 1.165) is 6.42 Å². The second kappa shape index (κ2) is 4.96. The summed E-state index contributed by atoms with van der Waals surface area (Å²) in [5, 5.41) is 0. The second-order valence-corrected chi connectivity index (χ2v) is 9.00. The molecular weight excluding hydrogens is 222 g/mol. The SMILES string of the molecule is CC(C)(C)CC(C)(C)C(=O)C(C)(C)CC(C)(C)N. The van der Waals surface area contributed by atoms with Gasteiger partial charge in [-0.2, -0.15) is 0 Å². The first-order chi connectivity index (χ1) is 7.57. The summed E-state index contributed by atoms with van der Waals surface area (Å²) in [5.41, 5.74) is 5.26. The number of rotatable bonds is 5. The normalized spacial score (nSPS) is 14.8. The lowest BCUT2D eigenvalue weighted by Crippen LogP contribution is -2.45. The van der Waals surface area contributed by atoms with Crippen LogP contribution in [0.4, 0.5) is 0 Å². The summed E-state index contributed by atoms with van der Waals surface area (Å²) in [6.45, 7) is 18.7. The Morgan fingerprint density at radius 2 is 1.11 bits per heavy atom. The zero-order valence-corrected chi connectivity index (χ0v) is 13.9. The summed E-state index contributed by atoms with van der Waals surface area (Å²) in [7, 11) is 0. The van der Waals surface area contributed by atoms with E-state index in [0.29, 0.717) is 12.2 Å². The summed E-state index contributed by atoms with van der Waals surface area (Å²) < 4.78 is 0. The molecule has 0 saturated heterocycles. The van der Waals surface area contributed by atoms with Gasteiger partial charge >= 0.3 is 0 Å². The Morgan fingerprint density at radius 3 is 1.39 bits per heavy atom. The maximum atomic E-state index is 12.8. The number of nitrogens with two attached hydrogens (primary N) is 1. The number of carbonyl (C=O) groups excluding carboxylic acids is 1. The van der Waals surface area contributed by atoms with Gasteiger partial charge in [-0.1, -0.05) is 48.5 Å². The molecule has 0 amide bonds. The lowest BCUT2D eigenvalue weighted by atomic mass is 9.64. The van der Waals surface area contributed by atoms with Gasteiger partial charge < -0.3 is 5.73 Å². The van der Waals surface area contributed by atoms with E-state index < -0.39 is 0 Å². The zero-order valence-electron chi connectivity index (χ0n) is 13.9. The van der Waals surface area contributed by atoms with E-state index >= 15 is 0 Å². The quantitative estimate of drug-likeness (QED) is 0.801. The van der Waals surface area contributed by atoms with Crippen molar-refractivity contribution in [2.45, 2.75) is 80.7 Å². The molecule has 108 valence electrons. The number of ketones is 1. The molecule has 0 atom stereocenters. The molecule has 0 radical (unpaired) electrons. The lowest BCUT2D eigenvalue weighted by Gasteiger charge is -2.39. The fourth-order valence-corrected chi connectivity index (χ4v) is 3.54. The molecular formula is C16H33NO. The van der Waals surface area contributed by atoms with E-state index in [-0.39, 0.29) is 21.8 Å². The van der Waals surface area contributed by atoms with Crippen molar-refractivity contribution in [2.24, 2.45) is 22.0 Å². The standard InChI is InChI=1S/C16H33NO/c1-13(2,3)10-14(4,5)12(18)15(6,7)11-16(8,9)17/h10-11,17H2,1-9H3. The van der Waals surface area contributed by atoms with Crippen LogP contribution in [0.1, 0.15) is 75.2 Å². The van der Waals surface area contributed by atoms with Crippen LogP contribution in [-0.2, 0) is 4.79 Å². The van der Waals surface area contributed by atoms with E-state index in [1.807, 2.05) is 27.7 Å². The molecule has 0 fully saturated rings. The van der Waals surface area contributed by atoms with E-state index in [4.69, 9.17) is 5.73 Å². The van der Waals surface area contributed by atoms with Crippen molar-refractivity contribution in [3.05, 3.63) is 0 Å². The minimum absolute atomic E-state index is 0.160. The Morgan fingerprint density at radius 1 is 0.778 bits per heavy atom. The van der Waals surface area contributed by atoms with E-state index in [9.17, 15) is 4.79 Å². The summed E-state index contributed by atoms with van der Waals surface area (Å²) in [4.78, 5) is 12.8. The third-order valence-corrected chi connectivity index (χ3v) is 3.10. The lowest BCUT2D eigenvalue weighted by molar-refractivity contribution is -0.138. The van der Waals surface area contributed by atoms with Gasteiger partial charge in [0.2, 0.25) is 0 Å². The molecule has 0 aromatic rings. The fourth-order valence-electron chi connectivity index (χ4n) is 3.54. The van der Waals surface area contributed by atoms with Crippen molar-refractivity contribution in [1.29, 1.82) is 0 Å². The average Bonchev–Trinajstić information content (AvgIpc) is 1.92. The Balaban J connectivity index is 5.02. The van der Waals surface area contributed by atoms with Crippen molar-refractivity contribution in [2.75, 3.05) is 0 Å². The molecule has 2 N–H and O–H groups in total. The second-order valence-electron chi connectivity index (χ2n) is 9.00. The number of hydrogen-bond acceptors (Lipinski definition) is 2. The smallest absolute Gasteiger partial charge is 0.144 e. The molecule has 0 saturated carbocycles. The Kier molecular flexibility index (Phi) is 4.85. The van der Waals surface area contributed by atoms with Crippen LogP contribution in [0.25, 0.3) is 0 Å². The van der Waals surface area contributed by atoms with Gasteiger partial charge in [-0.15, -0.1) is 0 Å². The Hall–Kier alpha value is -0.370. The predicted molar refractivity (Wildman–Crippen MR) is 79.5 cm³/mol. The van der Waals surface area contributed by atoms with Gasteiger partial charge in [-0.3, -0.25) is 4.79 Å². The Bertz CT molecular complexity index is 270. The number of hydrogen-bond donors (Lipinski definition) is 1. The zero-order chi connectivity index (χ0) is 15.0. The van der Waals surface area contributed by atoms with Crippen LogP contribution in [0.15, 0.2) is 0 Å². The molecule has 18 heavy (non-hydrogen) atoms. The first-order valence-electron chi connectivity index (χ1n) is 6.91. The van der Waals surface area contributed by atoms with Crippen molar-refractivity contribution < 1.29 is 4.79 Å².